The van der Waals surface area contributed by atoms with Gasteiger partial charge in [-0.25, -0.2) is 4.79 Å². The van der Waals surface area contributed by atoms with Gasteiger partial charge in [0.25, 0.3) is 0 Å². The standard InChI is InChI=1S/C14H16BrNO2.C2H6/c1-2-18-14(17)10-6-9(7-11(16)8-10)12-4-3-5-13(12)15;1-2/h6-8H,2-5,16H2,1H3;1-2H3. The van der Waals surface area contributed by atoms with E-state index in [9.17, 15) is 4.79 Å². The molecule has 0 fully saturated rings. The predicted molar refractivity (Wildman–Crippen MR) is 87.9 cm³/mol. The predicted octanol–water partition coefficient (Wildman–Crippen LogP) is 4.76. The molecule has 0 spiro atoms. The molecule has 2 rings (SSSR count). The van der Waals surface area contributed by atoms with Gasteiger partial charge in [-0.05, 0) is 60.0 Å². The lowest BCUT2D eigenvalue weighted by molar-refractivity contribution is 0.0526. The molecular weight excluding hydrogens is 318 g/mol. The van der Waals surface area contributed by atoms with Crippen LogP contribution < -0.4 is 5.73 Å². The van der Waals surface area contributed by atoms with Crippen molar-refractivity contribution >= 4 is 33.2 Å². The van der Waals surface area contributed by atoms with E-state index in [1.54, 1.807) is 13.0 Å². The van der Waals surface area contributed by atoms with E-state index in [1.165, 1.54) is 10.1 Å². The van der Waals surface area contributed by atoms with Crippen molar-refractivity contribution in [1.82, 2.24) is 0 Å². The number of rotatable bonds is 3. The molecule has 1 aliphatic carbocycles. The van der Waals surface area contributed by atoms with E-state index in [1.807, 2.05) is 26.0 Å². The number of ether oxygens (including phenoxy) is 1. The summed E-state index contributed by atoms with van der Waals surface area (Å²) in [7, 11) is 0. The number of anilines is 1. The zero-order chi connectivity index (χ0) is 15.1. The number of nitrogens with two attached hydrogens (primary N) is 1. The highest BCUT2D eigenvalue weighted by Gasteiger charge is 2.16. The fourth-order valence-corrected chi connectivity index (χ4v) is 2.87. The molecular formula is C16H22BrNO2. The fraction of sp³-hybridized carbons (Fsp3) is 0.438. The molecule has 0 heterocycles. The maximum atomic E-state index is 11.7. The van der Waals surface area contributed by atoms with E-state index >= 15 is 0 Å². The Hall–Kier alpha value is -1.29. The summed E-state index contributed by atoms with van der Waals surface area (Å²) in [5.74, 6) is -0.319. The minimum absolute atomic E-state index is 0.319. The van der Waals surface area contributed by atoms with E-state index in [2.05, 4.69) is 15.9 Å². The van der Waals surface area contributed by atoms with Crippen LogP contribution in [0.1, 0.15) is 56.0 Å². The van der Waals surface area contributed by atoms with E-state index < -0.39 is 0 Å². The highest BCUT2D eigenvalue weighted by atomic mass is 79.9. The van der Waals surface area contributed by atoms with Crippen molar-refractivity contribution in [2.45, 2.75) is 40.0 Å². The topological polar surface area (TPSA) is 52.3 Å². The number of esters is 1. The zero-order valence-corrected chi connectivity index (χ0v) is 13.9. The van der Waals surface area contributed by atoms with Gasteiger partial charge in [-0.15, -0.1) is 0 Å². The van der Waals surface area contributed by atoms with E-state index in [4.69, 9.17) is 10.5 Å². The molecule has 0 atom stereocenters. The summed E-state index contributed by atoms with van der Waals surface area (Å²) in [6.07, 6.45) is 3.21. The maximum absolute atomic E-state index is 11.7. The molecule has 4 heteroatoms. The highest BCUT2D eigenvalue weighted by Crippen LogP contribution is 2.37. The average molecular weight is 340 g/mol. The lowest BCUT2D eigenvalue weighted by Crippen LogP contribution is -2.06. The van der Waals surface area contributed by atoms with Gasteiger partial charge in [0.05, 0.1) is 12.2 Å². The Morgan fingerprint density at radius 1 is 1.30 bits per heavy atom. The number of hydrogen-bond donors (Lipinski definition) is 1. The van der Waals surface area contributed by atoms with Gasteiger partial charge < -0.3 is 10.5 Å². The molecule has 0 aromatic heterocycles. The second-order valence-corrected chi connectivity index (χ2v) is 5.26. The molecule has 0 radical (unpaired) electrons. The quantitative estimate of drug-likeness (QED) is 0.637. The molecule has 0 saturated carbocycles. The van der Waals surface area contributed by atoms with Crippen LogP contribution in [0.5, 0.6) is 0 Å². The maximum Gasteiger partial charge on any atom is 0.338 e. The minimum Gasteiger partial charge on any atom is -0.462 e. The summed E-state index contributed by atoms with van der Waals surface area (Å²) in [5.41, 5.74) is 9.23. The third-order valence-electron chi connectivity index (χ3n) is 2.97. The second-order valence-electron chi connectivity index (χ2n) is 4.30. The Morgan fingerprint density at radius 2 is 2.00 bits per heavy atom. The van der Waals surface area contributed by atoms with Crippen molar-refractivity contribution in [1.29, 1.82) is 0 Å². The smallest absolute Gasteiger partial charge is 0.338 e. The summed E-state index contributed by atoms with van der Waals surface area (Å²) in [4.78, 5) is 11.7. The summed E-state index contributed by atoms with van der Waals surface area (Å²) >= 11 is 3.58. The van der Waals surface area contributed by atoms with Gasteiger partial charge in [-0.2, -0.15) is 0 Å². The van der Waals surface area contributed by atoms with Crippen molar-refractivity contribution in [3.05, 3.63) is 33.8 Å². The number of allylic oxidation sites excluding steroid dienone is 2. The molecule has 0 bridgehead atoms. The van der Waals surface area contributed by atoms with Gasteiger partial charge in [-0.1, -0.05) is 29.8 Å². The van der Waals surface area contributed by atoms with Gasteiger partial charge in [-0.3, -0.25) is 0 Å². The molecule has 0 aliphatic heterocycles. The van der Waals surface area contributed by atoms with Crippen LogP contribution in [0, 0.1) is 0 Å². The number of benzene rings is 1. The molecule has 110 valence electrons. The second kappa shape index (κ2) is 8.10. The molecule has 0 saturated heterocycles. The molecule has 20 heavy (non-hydrogen) atoms. The van der Waals surface area contributed by atoms with E-state index in [0.717, 1.165) is 24.8 Å². The lowest BCUT2D eigenvalue weighted by Gasteiger charge is -2.08. The summed E-state index contributed by atoms with van der Waals surface area (Å²) in [6.45, 7) is 6.16. The molecule has 0 unspecified atom stereocenters. The molecule has 0 amide bonds. The highest BCUT2D eigenvalue weighted by molar-refractivity contribution is 9.11. The molecule has 1 aromatic rings. The minimum atomic E-state index is -0.319. The average Bonchev–Trinajstić information content (AvgIpc) is 2.87. The molecule has 3 nitrogen and oxygen atoms in total. The SMILES string of the molecule is CC.CCOC(=O)c1cc(N)cc(C2=C(Br)CCC2)c1. The van der Waals surface area contributed by atoms with Crippen LogP contribution in [0.2, 0.25) is 0 Å². The Labute approximate surface area is 129 Å². The number of carbonyl (C=O) groups is 1. The van der Waals surface area contributed by atoms with Gasteiger partial charge in [0.15, 0.2) is 0 Å². The molecule has 1 aromatic carbocycles. The molecule has 2 N–H and O–H groups in total. The van der Waals surface area contributed by atoms with E-state index in [0.29, 0.717) is 17.9 Å². The van der Waals surface area contributed by atoms with Crippen molar-refractivity contribution in [3.63, 3.8) is 0 Å². The number of halogens is 1. The van der Waals surface area contributed by atoms with Gasteiger partial charge in [0.1, 0.15) is 0 Å². The largest absolute Gasteiger partial charge is 0.462 e. The first-order valence-corrected chi connectivity index (χ1v) is 7.86. The van der Waals surface area contributed by atoms with Crippen LogP contribution in [-0.2, 0) is 4.74 Å². The first kappa shape index (κ1) is 16.8. The third kappa shape index (κ3) is 4.10. The summed E-state index contributed by atoms with van der Waals surface area (Å²) < 4.78 is 6.22. The third-order valence-corrected chi connectivity index (χ3v) is 3.84. The van der Waals surface area contributed by atoms with Crippen LogP contribution >= 0.6 is 15.9 Å². The first-order valence-electron chi connectivity index (χ1n) is 7.07. The Balaban J connectivity index is 0.000000956. The van der Waals surface area contributed by atoms with Crippen LogP contribution in [0.25, 0.3) is 5.57 Å². The Bertz CT molecular complexity index is 509. The van der Waals surface area contributed by atoms with Gasteiger partial charge in [0, 0.05) is 5.69 Å². The molecule has 1 aliphatic rings. The fourth-order valence-electron chi connectivity index (χ4n) is 2.17. The van der Waals surface area contributed by atoms with Crippen molar-refractivity contribution in [2.75, 3.05) is 12.3 Å². The summed E-state index contributed by atoms with van der Waals surface area (Å²) in [6, 6.07) is 5.42. The van der Waals surface area contributed by atoms with Crippen molar-refractivity contribution in [2.24, 2.45) is 0 Å². The number of nitrogen functional groups attached to an aromatic ring is 1. The zero-order valence-electron chi connectivity index (χ0n) is 12.3. The van der Waals surface area contributed by atoms with Crippen LogP contribution in [0.3, 0.4) is 0 Å². The van der Waals surface area contributed by atoms with Crippen LogP contribution in [0.15, 0.2) is 22.7 Å². The Kier molecular flexibility index (Phi) is 6.79. The van der Waals surface area contributed by atoms with Crippen LogP contribution in [0.4, 0.5) is 5.69 Å². The number of hydrogen-bond acceptors (Lipinski definition) is 3. The summed E-state index contributed by atoms with van der Waals surface area (Å²) in [5, 5.41) is 0. The van der Waals surface area contributed by atoms with Gasteiger partial charge in [0.2, 0.25) is 0 Å². The normalized spacial score (nSPS) is 13.8. The lowest BCUT2D eigenvalue weighted by atomic mass is 10.0. The van der Waals surface area contributed by atoms with Gasteiger partial charge >= 0.3 is 5.97 Å². The van der Waals surface area contributed by atoms with Crippen molar-refractivity contribution < 1.29 is 9.53 Å². The number of carbonyl (C=O) groups excluding carboxylic acids is 1. The van der Waals surface area contributed by atoms with Crippen molar-refractivity contribution in [3.8, 4) is 0 Å². The Morgan fingerprint density at radius 3 is 2.55 bits per heavy atom. The monoisotopic (exact) mass is 339 g/mol. The van der Waals surface area contributed by atoms with Crippen LogP contribution in [-0.4, -0.2) is 12.6 Å². The van der Waals surface area contributed by atoms with E-state index in [-0.39, 0.29) is 5.97 Å². The first-order chi connectivity index (χ1) is 9.61.